The molecule has 2 N–H and O–H groups in total. The van der Waals surface area contributed by atoms with Gasteiger partial charge in [-0.05, 0) is 35.7 Å². The van der Waals surface area contributed by atoms with E-state index in [-0.39, 0.29) is 17.2 Å². The smallest absolute Gasteiger partial charge is 0.270 e. The van der Waals surface area contributed by atoms with Gasteiger partial charge in [-0.2, -0.15) is 10.4 Å². The molecule has 0 aliphatic heterocycles. The summed E-state index contributed by atoms with van der Waals surface area (Å²) in [6, 6.07) is 12.7. The van der Waals surface area contributed by atoms with E-state index >= 15 is 0 Å². The first kappa shape index (κ1) is 16.4. The SMILES string of the molecule is COc1ccc(-c2nc(N/N=C/c3cccs3)[nH]c(=O)c2C#N)cc1. The fourth-order valence-corrected chi connectivity index (χ4v) is 2.69. The Labute approximate surface area is 147 Å². The number of aromatic amines is 1. The first-order valence-electron chi connectivity index (χ1n) is 7.22. The largest absolute Gasteiger partial charge is 0.497 e. The normalized spacial score (nSPS) is 10.6. The lowest BCUT2D eigenvalue weighted by atomic mass is 10.1. The number of hydrogen-bond acceptors (Lipinski definition) is 7. The van der Waals surface area contributed by atoms with E-state index in [4.69, 9.17) is 4.74 Å². The maximum Gasteiger partial charge on any atom is 0.270 e. The van der Waals surface area contributed by atoms with Crippen LogP contribution < -0.4 is 15.7 Å². The second-order valence-corrected chi connectivity index (χ2v) is 5.84. The van der Waals surface area contributed by atoms with Crippen molar-refractivity contribution in [3.63, 3.8) is 0 Å². The van der Waals surface area contributed by atoms with Crippen molar-refractivity contribution in [1.29, 1.82) is 5.26 Å². The number of benzene rings is 1. The van der Waals surface area contributed by atoms with E-state index in [1.807, 2.05) is 23.6 Å². The van der Waals surface area contributed by atoms with Crippen LogP contribution in [0.15, 0.2) is 51.7 Å². The molecule has 0 aliphatic rings. The molecule has 0 fully saturated rings. The van der Waals surface area contributed by atoms with E-state index in [0.717, 1.165) is 4.88 Å². The van der Waals surface area contributed by atoms with Gasteiger partial charge in [0.2, 0.25) is 5.95 Å². The van der Waals surface area contributed by atoms with Crippen molar-refractivity contribution in [2.45, 2.75) is 0 Å². The Balaban J connectivity index is 1.94. The summed E-state index contributed by atoms with van der Waals surface area (Å²) >= 11 is 1.53. The Morgan fingerprint density at radius 2 is 2.16 bits per heavy atom. The van der Waals surface area contributed by atoms with Gasteiger partial charge in [0.05, 0.1) is 19.0 Å². The molecule has 0 spiro atoms. The molecule has 0 bridgehead atoms. The van der Waals surface area contributed by atoms with Crippen molar-refractivity contribution in [2.75, 3.05) is 12.5 Å². The minimum atomic E-state index is -0.530. The minimum absolute atomic E-state index is 0.0575. The summed E-state index contributed by atoms with van der Waals surface area (Å²) in [7, 11) is 1.56. The Kier molecular flexibility index (Phi) is 4.87. The molecule has 2 aromatic heterocycles. The lowest BCUT2D eigenvalue weighted by molar-refractivity contribution is 0.415. The number of rotatable bonds is 5. The molecule has 0 saturated carbocycles. The molecule has 25 heavy (non-hydrogen) atoms. The number of ether oxygens (including phenoxy) is 1. The van der Waals surface area contributed by atoms with Crippen LogP contribution in [0.25, 0.3) is 11.3 Å². The van der Waals surface area contributed by atoms with Crippen molar-refractivity contribution in [3.05, 3.63) is 62.6 Å². The van der Waals surface area contributed by atoms with Crippen molar-refractivity contribution in [3.8, 4) is 23.1 Å². The van der Waals surface area contributed by atoms with E-state index in [9.17, 15) is 10.1 Å². The second kappa shape index (κ2) is 7.42. The Morgan fingerprint density at radius 3 is 2.80 bits per heavy atom. The van der Waals surface area contributed by atoms with Crippen LogP contribution >= 0.6 is 11.3 Å². The number of nitrogens with one attached hydrogen (secondary N) is 2. The first-order chi connectivity index (χ1) is 12.2. The molecule has 3 rings (SSSR count). The molecule has 1 aromatic carbocycles. The summed E-state index contributed by atoms with van der Waals surface area (Å²) in [5.74, 6) is 0.827. The van der Waals surface area contributed by atoms with Gasteiger partial charge >= 0.3 is 0 Å². The third-order valence-corrected chi connectivity index (χ3v) is 4.11. The predicted molar refractivity (Wildman–Crippen MR) is 97.1 cm³/mol. The second-order valence-electron chi connectivity index (χ2n) is 4.86. The molecule has 124 valence electrons. The van der Waals surface area contributed by atoms with Crippen LogP contribution in [0.1, 0.15) is 10.4 Å². The maximum absolute atomic E-state index is 12.1. The summed E-state index contributed by atoms with van der Waals surface area (Å²) in [5.41, 5.74) is 3.01. The lowest BCUT2D eigenvalue weighted by Crippen LogP contribution is -2.16. The van der Waals surface area contributed by atoms with E-state index in [1.54, 1.807) is 37.6 Å². The number of thiophene rings is 1. The molecule has 0 radical (unpaired) electrons. The van der Waals surface area contributed by atoms with Crippen molar-refractivity contribution >= 4 is 23.5 Å². The van der Waals surface area contributed by atoms with E-state index in [1.165, 1.54) is 11.3 Å². The van der Waals surface area contributed by atoms with Gasteiger partial charge in [-0.1, -0.05) is 6.07 Å². The fraction of sp³-hybridized carbons (Fsp3) is 0.0588. The molecule has 3 aromatic rings. The molecule has 7 nitrogen and oxygen atoms in total. The maximum atomic E-state index is 12.1. The van der Waals surface area contributed by atoms with Crippen LogP contribution in [0.5, 0.6) is 5.75 Å². The highest BCUT2D eigenvalue weighted by Crippen LogP contribution is 2.22. The summed E-state index contributed by atoms with van der Waals surface area (Å²) < 4.78 is 5.11. The first-order valence-corrected chi connectivity index (χ1v) is 8.10. The fourth-order valence-electron chi connectivity index (χ4n) is 2.11. The van der Waals surface area contributed by atoms with Crippen LogP contribution in [0.3, 0.4) is 0 Å². The van der Waals surface area contributed by atoms with Gasteiger partial charge < -0.3 is 4.74 Å². The highest BCUT2D eigenvalue weighted by atomic mass is 32.1. The van der Waals surface area contributed by atoms with Crippen LogP contribution in [0.4, 0.5) is 5.95 Å². The molecular weight excluding hydrogens is 338 g/mol. The standard InChI is InChI=1S/C17H13N5O2S/c1-24-12-6-4-11(5-7-12)15-14(9-18)16(23)21-17(20-15)22-19-10-13-3-2-8-25-13/h2-8,10H,1H3,(H2,20,21,22,23)/b19-10+. The minimum Gasteiger partial charge on any atom is -0.497 e. The number of methoxy groups -OCH3 is 1. The lowest BCUT2D eigenvalue weighted by Gasteiger charge is -2.07. The van der Waals surface area contributed by atoms with Crippen LogP contribution in [-0.4, -0.2) is 23.3 Å². The van der Waals surface area contributed by atoms with Crippen LogP contribution in [-0.2, 0) is 0 Å². The number of hydrogen-bond donors (Lipinski definition) is 2. The molecular formula is C17H13N5O2S. The van der Waals surface area contributed by atoms with Gasteiger partial charge in [-0.15, -0.1) is 11.3 Å². The third kappa shape index (κ3) is 3.73. The molecule has 0 saturated heterocycles. The van der Waals surface area contributed by atoms with Crippen molar-refractivity contribution in [1.82, 2.24) is 9.97 Å². The molecule has 0 unspecified atom stereocenters. The van der Waals surface area contributed by atoms with Gasteiger partial charge in [-0.3, -0.25) is 9.78 Å². The number of hydrazone groups is 1. The Hall–Kier alpha value is -3.44. The summed E-state index contributed by atoms with van der Waals surface area (Å²) in [4.78, 5) is 19.9. The quantitative estimate of drug-likeness (QED) is 0.543. The van der Waals surface area contributed by atoms with Crippen molar-refractivity contribution < 1.29 is 4.74 Å². The Morgan fingerprint density at radius 1 is 1.36 bits per heavy atom. The van der Waals surface area contributed by atoms with Crippen LogP contribution in [0.2, 0.25) is 0 Å². The van der Waals surface area contributed by atoms with Gasteiger partial charge in [0, 0.05) is 10.4 Å². The number of H-pyrrole nitrogens is 1. The third-order valence-electron chi connectivity index (χ3n) is 3.30. The van der Waals surface area contributed by atoms with Crippen molar-refractivity contribution in [2.24, 2.45) is 5.10 Å². The predicted octanol–water partition coefficient (Wildman–Crippen LogP) is 2.82. The summed E-state index contributed by atoms with van der Waals surface area (Å²) in [6.45, 7) is 0. The Bertz CT molecular complexity index is 985. The highest BCUT2D eigenvalue weighted by Gasteiger charge is 2.13. The number of nitriles is 1. The summed E-state index contributed by atoms with van der Waals surface area (Å²) in [5, 5.41) is 15.2. The van der Waals surface area contributed by atoms with E-state index in [0.29, 0.717) is 11.3 Å². The van der Waals surface area contributed by atoms with E-state index in [2.05, 4.69) is 20.5 Å². The highest BCUT2D eigenvalue weighted by molar-refractivity contribution is 7.11. The summed E-state index contributed by atoms with van der Waals surface area (Å²) in [6.07, 6.45) is 1.62. The zero-order valence-corrected chi connectivity index (χ0v) is 14.0. The van der Waals surface area contributed by atoms with Gasteiger partial charge in [-0.25, -0.2) is 10.4 Å². The van der Waals surface area contributed by atoms with Gasteiger partial charge in [0.25, 0.3) is 5.56 Å². The molecule has 0 atom stereocenters. The van der Waals surface area contributed by atoms with Gasteiger partial charge in [0.1, 0.15) is 17.4 Å². The zero-order chi connectivity index (χ0) is 17.6. The molecule has 8 heteroatoms. The zero-order valence-electron chi connectivity index (χ0n) is 13.2. The number of anilines is 1. The average Bonchev–Trinajstić information content (AvgIpc) is 3.15. The molecule has 0 aliphatic carbocycles. The monoisotopic (exact) mass is 351 g/mol. The van der Waals surface area contributed by atoms with Crippen LogP contribution in [0, 0.1) is 11.3 Å². The molecule has 0 amide bonds. The van der Waals surface area contributed by atoms with E-state index < -0.39 is 5.56 Å². The average molecular weight is 351 g/mol. The molecule has 2 heterocycles. The van der Waals surface area contributed by atoms with Gasteiger partial charge in [0.15, 0.2) is 0 Å². The topological polar surface area (TPSA) is 103 Å². The number of aromatic nitrogens is 2. The number of nitrogens with zero attached hydrogens (tertiary/aromatic N) is 3.